The Hall–Kier alpha value is -1.76. The van der Waals surface area contributed by atoms with Crippen LogP contribution >= 0.6 is 15.9 Å². The smallest absolute Gasteiger partial charge is 0.310 e. The molecule has 150 valence electrons. The minimum absolute atomic E-state index is 0.0454. The lowest BCUT2D eigenvalue weighted by Crippen LogP contribution is -2.38. The minimum atomic E-state index is -0.457. The fourth-order valence-corrected chi connectivity index (χ4v) is 3.58. The molecule has 1 amide bonds. The molecule has 6 nitrogen and oxygen atoms in total. The van der Waals surface area contributed by atoms with E-state index in [4.69, 9.17) is 14.2 Å². The molecule has 1 aliphatic carbocycles. The van der Waals surface area contributed by atoms with E-state index in [-0.39, 0.29) is 25.0 Å². The summed E-state index contributed by atoms with van der Waals surface area (Å²) in [7, 11) is 0. The lowest BCUT2D eigenvalue weighted by molar-refractivity contribution is -0.148. The average molecular weight is 442 g/mol. The number of nitrogens with one attached hydrogen (secondary N) is 1. The zero-order chi connectivity index (χ0) is 19.6. The number of esters is 1. The van der Waals surface area contributed by atoms with Crippen molar-refractivity contribution in [2.75, 3.05) is 19.8 Å². The largest absolute Gasteiger partial charge is 0.490 e. The molecule has 1 aliphatic rings. The number of halogens is 1. The lowest BCUT2D eigenvalue weighted by atomic mass is 9.95. The van der Waals surface area contributed by atoms with Gasteiger partial charge < -0.3 is 19.5 Å². The summed E-state index contributed by atoms with van der Waals surface area (Å²) in [6, 6.07) is 3.76. The van der Waals surface area contributed by atoms with Crippen LogP contribution in [0.4, 0.5) is 0 Å². The molecular formula is C20H28BrNO5. The molecule has 0 radical (unpaired) electrons. The summed E-state index contributed by atoms with van der Waals surface area (Å²) in [4.78, 5) is 24.1. The van der Waals surface area contributed by atoms with Gasteiger partial charge in [0.05, 0.1) is 19.6 Å². The van der Waals surface area contributed by atoms with Crippen molar-refractivity contribution in [2.45, 2.75) is 58.4 Å². The number of amides is 1. The predicted molar refractivity (Wildman–Crippen MR) is 106 cm³/mol. The van der Waals surface area contributed by atoms with Crippen LogP contribution in [0.15, 0.2) is 16.6 Å². The second-order valence-electron chi connectivity index (χ2n) is 6.50. The first kappa shape index (κ1) is 21.5. The Kier molecular flexibility index (Phi) is 8.91. The van der Waals surface area contributed by atoms with Gasteiger partial charge in [0.2, 0.25) is 0 Å². The van der Waals surface area contributed by atoms with Gasteiger partial charge in [0.1, 0.15) is 0 Å². The summed E-state index contributed by atoms with van der Waals surface area (Å²) in [5, 5.41) is 2.93. The molecule has 0 heterocycles. The third kappa shape index (κ3) is 7.05. The van der Waals surface area contributed by atoms with Crippen LogP contribution in [-0.4, -0.2) is 37.7 Å². The fourth-order valence-electron chi connectivity index (χ4n) is 3.12. The summed E-state index contributed by atoms with van der Waals surface area (Å²) < 4.78 is 17.0. The van der Waals surface area contributed by atoms with E-state index in [1.807, 2.05) is 13.8 Å². The topological polar surface area (TPSA) is 73.9 Å². The van der Waals surface area contributed by atoms with Crippen molar-refractivity contribution in [3.05, 3.63) is 22.2 Å². The second kappa shape index (κ2) is 11.2. The van der Waals surface area contributed by atoms with E-state index in [0.717, 1.165) is 35.7 Å². The van der Waals surface area contributed by atoms with E-state index in [2.05, 4.69) is 21.2 Å². The molecule has 0 unspecified atom stereocenters. The molecule has 27 heavy (non-hydrogen) atoms. The molecule has 0 saturated heterocycles. The lowest BCUT2D eigenvalue weighted by Gasteiger charge is -2.22. The molecule has 0 aliphatic heterocycles. The van der Waals surface area contributed by atoms with Gasteiger partial charge in [0, 0.05) is 10.5 Å². The zero-order valence-electron chi connectivity index (χ0n) is 16.0. The quantitative estimate of drug-likeness (QED) is 0.590. The molecule has 1 aromatic carbocycles. The molecule has 0 bridgehead atoms. The summed E-state index contributed by atoms with van der Waals surface area (Å²) in [6.45, 7) is 4.54. The highest BCUT2D eigenvalue weighted by atomic mass is 79.9. The van der Waals surface area contributed by atoms with Crippen LogP contribution < -0.4 is 14.8 Å². The Morgan fingerprint density at radius 2 is 1.70 bits per heavy atom. The van der Waals surface area contributed by atoms with E-state index in [9.17, 15) is 9.59 Å². The monoisotopic (exact) mass is 441 g/mol. The van der Waals surface area contributed by atoms with Crippen LogP contribution in [0.25, 0.3) is 0 Å². The summed E-state index contributed by atoms with van der Waals surface area (Å²) in [5.74, 6) is 0.507. The van der Waals surface area contributed by atoms with Gasteiger partial charge in [0.25, 0.3) is 5.91 Å². The van der Waals surface area contributed by atoms with Gasteiger partial charge in [-0.1, -0.05) is 35.2 Å². The number of benzene rings is 1. The van der Waals surface area contributed by atoms with Crippen LogP contribution in [0.5, 0.6) is 11.5 Å². The Morgan fingerprint density at radius 3 is 2.33 bits per heavy atom. The number of carbonyl (C=O) groups excluding carboxylic acids is 2. The normalized spacial score (nSPS) is 14.5. The van der Waals surface area contributed by atoms with Crippen LogP contribution in [0.2, 0.25) is 0 Å². The zero-order valence-corrected chi connectivity index (χ0v) is 17.6. The fraction of sp³-hybridized carbons (Fsp3) is 0.600. The van der Waals surface area contributed by atoms with Gasteiger partial charge in [-0.3, -0.25) is 9.59 Å². The maximum absolute atomic E-state index is 12.1. The highest BCUT2D eigenvalue weighted by Crippen LogP contribution is 2.34. The maximum atomic E-state index is 12.1. The number of rotatable bonds is 9. The number of ether oxygens (including phenoxy) is 3. The average Bonchev–Trinajstić information content (AvgIpc) is 2.65. The van der Waals surface area contributed by atoms with E-state index >= 15 is 0 Å². The van der Waals surface area contributed by atoms with Crippen molar-refractivity contribution in [3.8, 4) is 11.5 Å². The molecule has 7 heteroatoms. The first-order valence-electron chi connectivity index (χ1n) is 9.56. The molecule has 1 N–H and O–H groups in total. The molecular weight excluding hydrogens is 414 g/mol. The van der Waals surface area contributed by atoms with Gasteiger partial charge in [-0.05, 0) is 44.4 Å². The van der Waals surface area contributed by atoms with Crippen LogP contribution in [0, 0.1) is 0 Å². The summed E-state index contributed by atoms with van der Waals surface area (Å²) in [6.07, 6.45) is 5.54. The summed E-state index contributed by atoms with van der Waals surface area (Å²) in [5.41, 5.74) is 0.722. The third-order valence-electron chi connectivity index (χ3n) is 4.38. The van der Waals surface area contributed by atoms with Crippen molar-refractivity contribution < 1.29 is 23.8 Å². The third-order valence-corrected chi connectivity index (χ3v) is 5.12. The molecule has 1 aromatic rings. The SMILES string of the molecule is CCOc1cc(Br)c(CC(=O)OCC(=O)NC2CCCCC2)cc1OCC. The Morgan fingerprint density at radius 1 is 1.07 bits per heavy atom. The molecule has 0 spiro atoms. The van der Waals surface area contributed by atoms with Crippen molar-refractivity contribution in [1.29, 1.82) is 0 Å². The van der Waals surface area contributed by atoms with Crippen LogP contribution in [0.3, 0.4) is 0 Å². The molecule has 1 fully saturated rings. The van der Waals surface area contributed by atoms with E-state index in [1.54, 1.807) is 12.1 Å². The van der Waals surface area contributed by atoms with Crippen LogP contribution in [0.1, 0.15) is 51.5 Å². The highest BCUT2D eigenvalue weighted by Gasteiger charge is 2.18. The minimum Gasteiger partial charge on any atom is -0.490 e. The Balaban J connectivity index is 1.88. The molecule has 0 atom stereocenters. The van der Waals surface area contributed by atoms with Crippen molar-refractivity contribution in [3.63, 3.8) is 0 Å². The Labute approximate surface area is 169 Å². The van der Waals surface area contributed by atoms with E-state index < -0.39 is 5.97 Å². The standard InChI is InChI=1S/C20H28BrNO5/c1-3-25-17-10-14(16(21)12-18(17)26-4-2)11-20(24)27-13-19(23)22-15-8-6-5-7-9-15/h10,12,15H,3-9,11,13H2,1-2H3,(H,22,23). The highest BCUT2D eigenvalue weighted by molar-refractivity contribution is 9.10. The van der Waals surface area contributed by atoms with Crippen molar-refractivity contribution in [1.82, 2.24) is 5.32 Å². The van der Waals surface area contributed by atoms with Crippen molar-refractivity contribution in [2.24, 2.45) is 0 Å². The molecule has 0 aromatic heterocycles. The Bertz CT molecular complexity index is 644. The first-order valence-corrected chi connectivity index (χ1v) is 10.4. The van der Waals surface area contributed by atoms with Crippen LogP contribution in [-0.2, 0) is 20.7 Å². The number of carbonyl (C=O) groups is 2. The summed E-state index contributed by atoms with van der Waals surface area (Å²) >= 11 is 3.45. The second-order valence-corrected chi connectivity index (χ2v) is 7.35. The van der Waals surface area contributed by atoms with Crippen molar-refractivity contribution >= 4 is 27.8 Å². The van der Waals surface area contributed by atoms with Gasteiger partial charge in [-0.25, -0.2) is 0 Å². The maximum Gasteiger partial charge on any atom is 0.310 e. The van der Waals surface area contributed by atoms with E-state index in [1.165, 1.54) is 6.42 Å². The molecule has 1 saturated carbocycles. The predicted octanol–water partition coefficient (Wildman–Crippen LogP) is 3.78. The van der Waals surface area contributed by atoms with E-state index in [0.29, 0.717) is 24.7 Å². The van der Waals surface area contributed by atoms with Gasteiger partial charge in [0.15, 0.2) is 18.1 Å². The molecule has 2 rings (SSSR count). The first-order chi connectivity index (χ1) is 13.0. The van der Waals surface area contributed by atoms with Gasteiger partial charge >= 0.3 is 5.97 Å². The van der Waals surface area contributed by atoms with Gasteiger partial charge in [-0.15, -0.1) is 0 Å². The number of hydrogen-bond acceptors (Lipinski definition) is 5. The number of hydrogen-bond donors (Lipinski definition) is 1. The van der Waals surface area contributed by atoms with Gasteiger partial charge in [-0.2, -0.15) is 0 Å².